The summed E-state index contributed by atoms with van der Waals surface area (Å²) in [7, 11) is 0. The van der Waals surface area contributed by atoms with E-state index in [0.29, 0.717) is 17.0 Å². The first-order valence-electron chi connectivity index (χ1n) is 6.13. The van der Waals surface area contributed by atoms with Crippen LogP contribution in [-0.4, -0.2) is 21.8 Å². The fourth-order valence-corrected chi connectivity index (χ4v) is 1.74. The summed E-state index contributed by atoms with van der Waals surface area (Å²) >= 11 is 0. The number of hydrogen-bond acceptors (Lipinski definition) is 4. The number of hydrogen-bond donors (Lipinski definition) is 2. The maximum Gasteiger partial charge on any atom is 0.255 e. The minimum atomic E-state index is -0.184. The highest BCUT2D eigenvalue weighted by atomic mass is 16.4. The molecule has 0 saturated heterocycles. The summed E-state index contributed by atoms with van der Waals surface area (Å²) in [5.41, 5.74) is 3.36. The van der Waals surface area contributed by atoms with Crippen LogP contribution >= 0.6 is 0 Å². The smallest absolute Gasteiger partial charge is 0.255 e. The molecule has 0 unspecified atom stereocenters. The predicted molar refractivity (Wildman–Crippen MR) is 77.4 cm³/mol. The van der Waals surface area contributed by atoms with Crippen LogP contribution in [0.1, 0.15) is 28.5 Å². The maximum absolute atomic E-state index is 12.0. The number of nitrogens with one attached hydrogen (secondary N) is 1. The van der Waals surface area contributed by atoms with E-state index in [4.69, 9.17) is 5.21 Å². The maximum atomic E-state index is 12.0. The van der Waals surface area contributed by atoms with Gasteiger partial charge >= 0.3 is 0 Å². The molecule has 1 aromatic carbocycles. The van der Waals surface area contributed by atoms with Crippen molar-refractivity contribution in [3.05, 3.63) is 59.4 Å². The third-order valence-electron chi connectivity index (χ3n) is 2.87. The SMILES string of the molecule is C/C(=N/O)c1ccc(NC(=O)c2ccnc(C)c2)cc1. The second-order valence-corrected chi connectivity index (χ2v) is 4.40. The zero-order chi connectivity index (χ0) is 14.5. The average Bonchev–Trinajstić information content (AvgIpc) is 2.47. The Morgan fingerprint density at radius 2 is 1.90 bits per heavy atom. The summed E-state index contributed by atoms with van der Waals surface area (Å²) in [6.45, 7) is 3.54. The molecular weight excluding hydrogens is 254 g/mol. The summed E-state index contributed by atoms with van der Waals surface area (Å²) in [6, 6.07) is 10.5. The zero-order valence-electron chi connectivity index (χ0n) is 11.3. The normalized spacial score (nSPS) is 11.2. The van der Waals surface area contributed by atoms with Crippen LogP contribution in [-0.2, 0) is 0 Å². The first-order valence-corrected chi connectivity index (χ1v) is 6.13. The lowest BCUT2D eigenvalue weighted by atomic mass is 10.1. The largest absolute Gasteiger partial charge is 0.411 e. The van der Waals surface area contributed by atoms with Crippen LogP contribution < -0.4 is 5.32 Å². The first kappa shape index (κ1) is 13.7. The van der Waals surface area contributed by atoms with Crippen molar-refractivity contribution in [3.8, 4) is 0 Å². The van der Waals surface area contributed by atoms with Crippen LogP contribution in [0, 0.1) is 6.92 Å². The number of amides is 1. The van der Waals surface area contributed by atoms with E-state index in [1.807, 2.05) is 6.92 Å². The lowest BCUT2D eigenvalue weighted by molar-refractivity contribution is 0.102. The van der Waals surface area contributed by atoms with E-state index < -0.39 is 0 Å². The van der Waals surface area contributed by atoms with E-state index in [9.17, 15) is 4.79 Å². The van der Waals surface area contributed by atoms with E-state index in [1.54, 1.807) is 49.5 Å². The predicted octanol–water partition coefficient (Wildman–Crippen LogP) is 2.84. The molecule has 20 heavy (non-hydrogen) atoms. The molecule has 0 aliphatic rings. The fraction of sp³-hybridized carbons (Fsp3) is 0.133. The number of aryl methyl sites for hydroxylation is 1. The van der Waals surface area contributed by atoms with Crippen molar-refractivity contribution >= 4 is 17.3 Å². The van der Waals surface area contributed by atoms with E-state index in [2.05, 4.69) is 15.5 Å². The highest BCUT2D eigenvalue weighted by molar-refractivity contribution is 6.04. The van der Waals surface area contributed by atoms with Crippen molar-refractivity contribution in [2.75, 3.05) is 5.32 Å². The highest BCUT2D eigenvalue weighted by Crippen LogP contribution is 2.12. The molecule has 5 heteroatoms. The Bertz CT molecular complexity index is 648. The topological polar surface area (TPSA) is 74.6 Å². The standard InChI is InChI=1S/C15H15N3O2/c1-10-9-13(7-8-16-10)15(19)17-14-5-3-12(4-6-14)11(2)18-20/h3-9,20H,1-2H3,(H,17,19)/b18-11-. The van der Waals surface area contributed by atoms with Gasteiger partial charge in [0, 0.05) is 23.1 Å². The molecule has 2 rings (SSSR count). The second kappa shape index (κ2) is 5.97. The van der Waals surface area contributed by atoms with Crippen molar-refractivity contribution in [3.63, 3.8) is 0 Å². The molecule has 2 aromatic rings. The third kappa shape index (κ3) is 3.20. The Morgan fingerprint density at radius 3 is 2.50 bits per heavy atom. The molecule has 0 fully saturated rings. The summed E-state index contributed by atoms with van der Waals surface area (Å²) < 4.78 is 0. The Hall–Kier alpha value is -2.69. The number of oxime groups is 1. The molecular formula is C15H15N3O2. The minimum absolute atomic E-state index is 0.184. The Balaban J connectivity index is 2.12. The summed E-state index contributed by atoms with van der Waals surface area (Å²) in [5, 5.41) is 14.6. The number of rotatable bonds is 3. The molecule has 2 N–H and O–H groups in total. The van der Waals surface area contributed by atoms with Crippen molar-refractivity contribution < 1.29 is 10.0 Å². The van der Waals surface area contributed by atoms with Gasteiger partial charge in [0.2, 0.25) is 0 Å². The van der Waals surface area contributed by atoms with Crippen LogP contribution in [0.15, 0.2) is 47.8 Å². The number of carbonyl (C=O) groups is 1. The van der Waals surface area contributed by atoms with Gasteiger partial charge in [0.1, 0.15) is 0 Å². The highest BCUT2D eigenvalue weighted by Gasteiger charge is 2.06. The Labute approximate surface area is 117 Å². The number of carbonyl (C=O) groups excluding carboxylic acids is 1. The van der Waals surface area contributed by atoms with E-state index in [-0.39, 0.29) is 5.91 Å². The average molecular weight is 269 g/mol. The molecule has 0 radical (unpaired) electrons. The van der Waals surface area contributed by atoms with E-state index in [1.165, 1.54) is 0 Å². The molecule has 0 aliphatic carbocycles. The van der Waals surface area contributed by atoms with Gasteiger partial charge in [0.15, 0.2) is 0 Å². The summed E-state index contributed by atoms with van der Waals surface area (Å²) in [6.07, 6.45) is 1.61. The van der Waals surface area contributed by atoms with E-state index in [0.717, 1.165) is 11.3 Å². The van der Waals surface area contributed by atoms with Gasteiger partial charge in [-0.05, 0) is 43.7 Å². The Morgan fingerprint density at radius 1 is 1.20 bits per heavy atom. The van der Waals surface area contributed by atoms with E-state index >= 15 is 0 Å². The number of anilines is 1. The Kier molecular flexibility index (Phi) is 4.10. The number of nitrogens with zero attached hydrogens (tertiary/aromatic N) is 2. The molecule has 0 spiro atoms. The minimum Gasteiger partial charge on any atom is -0.411 e. The van der Waals surface area contributed by atoms with Gasteiger partial charge in [-0.3, -0.25) is 9.78 Å². The molecule has 1 aromatic heterocycles. The summed E-state index contributed by atoms with van der Waals surface area (Å²) in [4.78, 5) is 16.1. The molecule has 102 valence electrons. The lowest BCUT2D eigenvalue weighted by Crippen LogP contribution is -2.12. The number of aromatic nitrogens is 1. The lowest BCUT2D eigenvalue weighted by Gasteiger charge is -2.06. The van der Waals surface area contributed by atoms with Crippen molar-refractivity contribution in [1.29, 1.82) is 0 Å². The van der Waals surface area contributed by atoms with Crippen LogP contribution in [0.5, 0.6) is 0 Å². The molecule has 5 nitrogen and oxygen atoms in total. The van der Waals surface area contributed by atoms with Gasteiger partial charge in [-0.2, -0.15) is 0 Å². The van der Waals surface area contributed by atoms with Gasteiger partial charge < -0.3 is 10.5 Å². The van der Waals surface area contributed by atoms with Gasteiger partial charge in [0.25, 0.3) is 5.91 Å². The second-order valence-electron chi connectivity index (χ2n) is 4.40. The third-order valence-corrected chi connectivity index (χ3v) is 2.87. The molecule has 0 atom stereocenters. The van der Waals surface area contributed by atoms with Crippen molar-refractivity contribution in [2.45, 2.75) is 13.8 Å². The molecule has 1 amide bonds. The van der Waals surface area contributed by atoms with Crippen molar-refractivity contribution in [2.24, 2.45) is 5.16 Å². The van der Waals surface area contributed by atoms with Crippen LogP contribution in [0.25, 0.3) is 0 Å². The first-order chi connectivity index (χ1) is 9.60. The number of benzene rings is 1. The monoisotopic (exact) mass is 269 g/mol. The van der Waals surface area contributed by atoms with Gasteiger partial charge in [0.05, 0.1) is 5.71 Å². The van der Waals surface area contributed by atoms with Crippen LogP contribution in [0.2, 0.25) is 0 Å². The fourth-order valence-electron chi connectivity index (χ4n) is 1.74. The molecule has 1 heterocycles. The van der Waals surface area contributed by atoms with Gasteiger partial charge in [-0.15, -0.1) is 0 Å². The number of pyridine rings is 1. The van der Waals surface area contributed by atoms with Gasteiger partial charge in [-0.1, -0.05) is 17.3 Å². The molecule has 0 saturated carbocycles. The molecule has 0 aliphatic heterocycles. The van der Waals surface area contributed by atoms with Gasteiger partial charge in [-0.25, -0.2) is 0 Å². The summed E-state index contributed by atoms with van der Waals surface area (Å²) in [5.74, 6) is -0.184. The molecule has 0 bridgehead atoms. The van der Waals surface area contributed by atoms with Crippen LogP contribution in [0.3, 0.4) is 0 Å². The zero-order valence-corrected chi connectivity index (χ0v) is 11.3. The quantitative estimate of drug-likeness (QED) is 0.511. The van der Waals surface area contributed by atoms with Crippen LogP contribution in [0.4, 0.5) is 5.69 Å². The van der Waals surface area contributed by atoms with Crippen molar-refractivity contribution in [1.82, 2.24) is 4.98 Å².